The second-order valence-corrected chi connectivity index (χ2v) is 6.84. The van der Waals surface area contributed by atoms with Gasteiger partial charge in [0.15, 0.2) is 0 Å². The van der Waals surface area contributed by atoms with Crippen LogP contribution < -0.4 is 5.32 Å². The first-order chi connectivity index (χ1) is 9.49. The predicted molar refractivity (Wildman–Crippen MR) is 81.9 cm³/mol. The average Bonchev–Trinajstić information content (AvgIpc) is 2.99. The lowest BCUT2D eigenvalue weighted by Gasteiger charge is -2.13. The van der Waals surface area contributed by atoms with Crippen LogP contribution in [0.4, 0.5) is 0 Å². The zero-order chi connectivity index (χ0) is 14.6. The molecule has 0 aliphatic heterocycles. The van der Waals surface area contributed by atoms with Gasteiger partial charge in [-0.3, -0.25) is 0 Å². The van der Waals surface area contributed by atoms with E-state index in [2.05, 4.69) is 53.7 Å². The van der Waals surface area contributed by atoms with E-state index in [1.165, 1.54) is 0 Å². The fourth-order valence-corrected chi connectivity index (χ4v) is 2.68. The molecule has 20 heavy (non-hydrogen) atoms. The smallest absolute Gasteiger partial charge is 0.0982 e. The number of nitrogens with one attached hydrogen (secondary N) is 1. The molecule has 0 aliphatic carbocycles. The molecule has 110 valence electrons. The molecule has 0 aliphatic rings. The molecular formula is C14H23N5S. The molecular weight excluding hydrogens is 270 g/mol. The lowest BCUT2D eigenvalue weighted by atomic mass is 9.98. The summed E-state index contributed by atoms with van der Waals surface area (Å²) in [6.45, 7) is 11.2. The molecule has 0 saturated heterocycles. The highest BCUT2D eigenvalue weighted by atomic mass is 32.1. The first-order valence-electron chi connectivity index (χ1n) is 7.03. The monoisotopic (exact) mass is 293 g/mol. The molecule has 5 nitrogen and oxygen atoms in total. The highest BCUT2D eigenvalue weighted by Crippen LogP contribution is 2.25. The minimum atomic E-state index is 0.112. The second kappa shape index (κ2) is 6.45. The van der Waals surface area contributed by atoms with Crippen LogP contribution in [0.3, 0.4) is 0 Å². The van der Waals surface area contributed by atoms with Crippen LogP contribution in [0.2, 0.25) is 0 Å². The molecule has 0 radical (unpaired) electrons. The Bertz CT molecular complexity index is 538. The molecule has 6 heteroatoms. The maximum Gasteiger partial charge on any atom is 0.0982 e. The third kappa shape index (κ3) is 4.11. The van der Waals surface area contributed by atoms with Gasteiger partial charge in [-0.1, -0.05) is 32.9 Å². The van der Waals surface area contributed by atoms with Gasteiger partial charge in [-0.2, -0.15) is 0 Å². The van der Waals surface area contributed by atoms with Crippen LogP contribution >= 0.6 is 11.3 Å². The Balaban J connectivity index is 1.95. The summed E-state index contributed by atoms with van der Waals surface area (Å²) in [5, 5.41) is 14.9. The molecule has 2 heterocycles. The maximum atomic E-state index is 4.68. The number of hydrogen-bond acceptors (Lipinski definition) is 5. The van der Waals surface area contributed by atoms with Gasteiger partial charge in [0.2, 0.25) is 0 Å². The Labute approximate surface area is 124 Å². The van der Waals surface area contributed by atoms with Gasteiger partial charge in [0.1, 0.15) is 0 Å². The fraction of sp³-hybridized carbons (Fsp3) is 0.643. The number of rotatable bonds is 6. The van der Waals surface area contributed by atoms with E-state index < -0.39 is 0 Å². The van der Waals surface area contributed by atoms with Crippen molar-refractivity contribution in [3.8, 4) is 0 Å². The van der Waals surface area contributed by atoms with Crippen LogP contribution in [0.25, 0.3) is 0 Å². The summed E-state index contributed by atoms with van der Waals surface area (Å²) in [4.78, 5) is 4.68. The Morgan fingerprint density at radius 2 is 2.10 bits per heavy atom. The zero-order valence-corrected chi connectivity index (χ0v) is 13.5. The second-order valence-electron chi connectivity index (χ2n) is 5.98. The lowest BCUT2D eigenvalue weighted by Crippen LogP contribution is -2.13. The molecule has 0 aromatic carbocycles. The summed E-state index contributed by atoms with van der Waals surface area (Å²) < 4.78 is 1.85. The van der Waals surface area contributed by atoms with Crippen LogP contribution in [0, 0.1) is 0 Å². The van der Waals surface area contributed by atoms with Crippen molar-refractivity contribution in [2.75, 3.05) is 6.54 Å². The van der Waals surface area contributed by atoms with Crippen LogP contribution in [0.1, 0.15) is 50.5 Å². The van der Waals surface area contributed by atoms with Gasteiger partial charge in [-0.25, -0.2) is 9.67 Å². The molecule has 0 unspecified atom stereocenters. The first kappa shape index (κ1) is 15.1. The normalized spacial score (nSPS) is 12.0. The Kier molecular flexibility index (Phi) is 4.88. The fourth-order valence-electron chi connectivity index (χ4n) is 1.78. The summed E-state index contributed by atoms with van der Waals surface area (Å²) >= 11 is 1.71. The summed E-state index contributed by atoms with van der Waals surface area (Å²) in [7, 11) is 0. The van der Waals surface area contributed by atoms with Gasteiger partial charge in [-0.15, -0.1) is 16.4 Å². The first-order valence-corrected chi connectivity index (χ1v) is 7.91. The Hall–Kier alpha value is -1.27. The number of thiazole rings is 1. The highest BCUT2D eigenvalue weighted by Gasteiger charge is 2.18. The van der Waals surface area contributed by atoms with Crippen molar-refractivity contribution >= 4 is 11.3 Å². The van der Waals surface area contributed by atoms with E-state index >= 15 is 0 Å². The van der Waals surface area contributed by atoms with Crippen molar-refractivity contribution in [1.82, 2.24) is 25.3 Å². The zero-order valence-electron chi connectivity index (χ0n) is 12.7. The Morgan fingerprint density at radius 3 is 2.75 bits per heavy atom. The van der Waals surface area contributed by atoms with Crippen molar-refractivity contribution in [1.29, 1.82) is 0 Å². The highest BCUT2D eigenvalue weighted by molar-refractivity contribution is 7.09. The van der Waals surface area contributed by atoms with E-state index in [9.17, 15) is 0 Å². The molecule has 2 rings (SSSR count). The van der Waals surface area contributed by atoms with Gasteiger partial charge in [0.25, 0.3) is 0 Å². The molecule has 0 amide bonds. The van der Waals surface area contributed by atoms with E-state index in [0.29, 0.717) is 6.54 Å². The third-order valence-electron chi connectivity index (χ3n) is 2.84. The molecule has 0 bridgehead atoms. The SMILES string of the molecule is CCCNCc1cn(Cc2csc(C(C)(C)C)n2)nn1. The van der Waals surface area contributed by atoms with Crippen LogP contribution in [-0.2, 0) is 18.5 Å². The van der Waals surface area contributed by atoms with Crippen molar-refractivity contribution in [2.45, 2.75) is 52.6 Å². The van der Waals surface area contributed by atoms with E-state index in [-0.39, 0.29) is 5.41 Å². The van der Waals surface area contributed by atoms with Gasteiger partial charge < -0.3 is 5.32 Å². The van der Waals surface area contributed by atoms with E-state index in [1.807, 2.05) is 10.9 Å². The molecule has 0 fully saturated rings. The summed E-state index contributed by atoms with van der Waals surface area (Å²) in [6.07, 6.45) is 3.11. The quantitative estimate of drug-likeness (QED) is 0.832. The van der Waals surface area contributed by atoms with E-state index in [4.69, 9.17) is 0 Å². The predicted octanol–water partition coefficient (Wildman–Crippen LogP) is 2.58. The largest absolute Gasteiger partial charge is 0.311 e. The van der Waals surface area contributed by atoms with Crippen molar-refractivity contribution in [2.24, 2.45) is 0 Å². The summed E-state index contributed by atoms with van der Waals surface area (Å²) in [6, 6.07) is 0. The molecule has 0 spiro atoms. The topological polar surface area (TPSA) is 55.6 Å². The third-order valence-corrected chi connectivity index (χ3v) is 4.15. The number of nitrogens with zero attached hydrogens (tertiary/aromatic N) is 4. The van der Waals surface area contributed by atoms with Crippen LogP contribution in [0.15, 0.2) is 11.6 Å². The molecule has 1 N–H and O–H groups in total. The number of hydrogen-bond donors (Lipinski definition) is 1. The molecule has 2 aromatic rings. The molecule has 2 aromatic heterocycles. The lowest BCUT2D eigenvalue weighted by molar-refractivity contribution is 0.577. The van der Waals surface area contributed by atoms with E-state index in [1.54, 1.807) is 11.3 Å². The maximum absolute atomic E-state index is 4.68. The van der Waals surface area contributed by atoms with Gasteiger partial charge >= 0.3 is 0 Å². The summed E-state index contributed by atoms with van der Waals surface area (Å²) in [5.41, 5.74) is 2.14. The van der Waals surface area contributed by atoms with Crippen LogP contribution in [-0.4, -0.2) is 26.5 Å². The van der Waals surface area contributed by atoms with Crippen molar-refractivity contribution < 1.29 is 0 Å². The van der Waals surface area contributed by atoms with Crippen LogP contribution in [0.5, 0.6) is 0 Å². The minimum Gasteiger partial charge on any atom is -0.311 e. The number of aromatic nitrogens is 4. The van der Waals surface area contributed by atoms with Gasteiger partial charge in [-0.05, 0) is 13.0 Å². The minimum absolute atomic E-state index is 0.112. The van der Waals surface area contributed by atoms with Gasteiger partial charge in [0.05, 0.1) is 29.1 Å². The molecule has 0 saturated carbocycles. The molecule has 0 atom stereocenters. The van der Waals surface area contributed by atoms with Crippen molar-refractivity contribution in [3.63, 3.8) is 0 Å². The standard InChI is InChI=1S/C14H23N5S/c1-5-6-15-7-11-8-19(18-17-11)9-12-10-20-13(16-12)14(2,3)4/h8,10,15H,5-7,9H2,1-4H3. The summed E-state index contributed by atoms with van der Waals surface area (Å²) in [5.74, 6) is 0. The van der Waals surface area contributed by atoms with E-state index in [0.717, 1.165) is 35.9 Å². The average molecular weight is 293 g/mol. The van der Waals surface area contributed by atoms with Gasteiger partial charge in [0, 0.05) is 17.3 Å². The Morgan fingerprint density at radius 1 is 1.30 bits per heavy atom. The van der Waals surface area contributed by atoms with Crippen molar-refractivity contribution in [3.05, 3.63) is 28.0 Å².